The lowest BCUT2D eigenvalue weighted by atomic mass is 10.1. The van der Waals surface area contributed by atoms with Crippen LogP contribution in [-0.4, -0.2) is 31.6 Å². The molecule has 7 nitrogen and oxygen atoms in total. The number of aryl methyl sites for hydroxylation is 3. The molecule has 0 spiro atoms. The van der Waals surface area contributed by atoms with E-state index >= 15 is 0 Å². The second kappa shape index (κ2) is 9.02. The van der Waals surface area contributed by atoms with Crippen molar-refractivity contribution in [3.8, 4) is 22.7 Å². The maximum Gasteiger partial charge on any atom is 0.267 e. The van der Waals surface area contributed by atoms with Gasteiger partial charge in [0.1, 0.15) is 5.69 Å². The minimum atomic E-state index is -0.249. The van der Waals surface area contributed by atoms with E-state index in [0.717, 1.165) is 16.9 Å². The summed E-state index contributed by atoms with van der Waals surface area (Å²) in [5, 5.41) is 4.72. The number of carbonyl (C=O) groups excluding carboxylic acids is 1. The number of rotatable bonds is 6. The molecule has 2 aromatic carbocycles. The predicted molar refractivity (Wildman–Crippen MR) is 134 cm³/mol. The Bertz CT molecular complexity index is 1620. The van der Waals surface area contributed by atoms with Crippen LogP contribution in [0.5, 0.6) is 5.75 Å². The number of ketones is 1. The maximum atomic E-state index is 13.5. The molecule has 0 aliphatic rings. The van der Waals surface area contributed by atoms with Crippen LogP contribution in [0, 0.1) is 20.8 Å². The van der Waals surface area contributed by atoms with Gasteiger partial charge in [-0.1, -0.05) is 42.5 Å². The van der Waals surface area contributed by atoms with Crippen LogP contribution in [0.1, 0.15) is 27.3 Å². The summed E-state index contributed by atoms with van der Waals surface area (Å²) >= 11 is 0. The minimum Gasteiger partial charge on any atom is -0.482 e. The number of Topliss-reactive ketones (excluding diaryl/α,β-unsaturated/α-hetero) is 1. The van der Waals surface area contributed by atoms with E-state index in [0.29, 0.717) is 33.9 Å². The molecule has 0 aliphatic heterocycles. The van der Waals surface area contributed by atoms with Gasteiger partial charge < -0.3 is 4.74 Å². The van der Waals surface area contributed by atoms with Crippen molar-refractivity contribution >= 4 is 11.4 Å². The number of ether oxygens (including phenoxy) is 1. The van der Waals surface area contributed by atoms with Crippen molar-refractivity contribution in [3.63, 3.8) is 0 Å². The van der Waals surface area contributed by atoms with E-state index in [-0.39, 0.29) is 17.9 Å². The highest BCUT2D eigenvalue weighted by molar-refractivity contribution is 5.97. The van der Waals surface area contributed by atoms with Gasteiger partial charge in [-0.3, -0.25) is 14.0 Å². The lowest BCUT2D eigenvalue weighted by Crippen LogP contribution is -2.20. The lowest BCUT2D eigenvalue weighted by molar-refractivity contribution is 0.0922. The summed E-state index contributed by atoms with van der Waals surface area (Å²) < 4.78 is 9.05. The molecule has 0 atom stereocenters. The van der Waals surface area contributed by atoms with Crippen molar-refractivity contribution in [2.24, 2.45) is 0 Å². The summed E-state index contributed by atoms with van der Waals surface area (Å²) in [6.45, 7) is 5.61. The van der Waals surface area contributed by atoms with Crippen LogP contribution in [0.3, 0.4) is 0 Å². The minimum absolute atomic E-state index is 0.152. The number of hydrogen-bond donors (Lipinski definition) is 0. The first-order valence-electron chi connectivity index (χ1n) is 11.3. The molecule has 0 radical (unpaired) electrons. The lowest BCUT2D eigenvalue weighted by Gasteiger charge is -2.11. The summed E-state index contributed by atoms with van der Waals surface area (Å²) in [5.74, 6) is 0.213. The topological polar surface area (TPSA) is 78.5 Å². The van der Waals surface area contributed by atoms with Gasteiger partial charge in [0.15, 0.2) is 23.8 Å². The molecule has 0 fully saturated rings. The zero-order valence-electron chi connectivity index (χ0n) is 19.7. The van der Waals surface area contributed by atoms with Crippen LogP contribution in [0.25, 0.3) is 22.6 Å². The zero-order valence-corrected chi connectivity index (χ0v) is 19.7. The third kappa shape index (κ3) is 4.24. The maximum absolute atomic E-state index is 13.5. The number of benzene rings is 2. The third-order valence-electron chi connectivity index (χ3n) is 5.84. The molecule has 0 bridgehead atoms. The molecule has 0 saturated carbocycles. The van der Waals surface area contributed by atoms with E-state index in [4.69, 9.17) is 9.84 Å². The molecular weight excluding hydrogens is 440 g/mol. The Balaban J connectivity index is 1.52. The number of hydrogen-bond acceptors (Lipinski definition) is 5. The van der Waals surface area contributed by atoms with Gasteiger partial charge in [0.05, 0.1) is 16.9 Å². The highest BCUT2D eigenvalue weighted by Gasteiger charge is 2.19. The number of nitrogens with zero attached hydrogens (tertiary/aromatic N) is 4. The second-order valence-corrected chi connectivity index (χ2v) is 8.44. The van der Waals surface area contributed by atoms with E-state index in [1.165, 1.54) is 4.40 Å². The standard InChI is InChI=1S/C28H24N4O3/c1-18-9-7-12-22(15-18)32-19(2)16-23(30-32)26-20(3)29-27-25(13-8-14-31(27)28(26)34)35-17-24(33)21-10-5-4-6-11-21/h4-16H,17H2,1-3H3. The Morgan fingerprint density at radius 1 is 0.943 bits per heavy atom. The molecule has 3 heterocycles. The van der Waals surface area contributed by atoms with Crippen molar-refractivity contribution in [1.82, 2.24) is 19.2 Å². The molecule has 0 aliphatic carbocycles. The summed E-state index contributed by atoms with van der Waals surface area (Å²) in [7, 11) is 0. The monoisotopic (exact) mass is 464 g/mol. The summed E-state index contributed by atoms with van der Waals surface area (Å²) in [4.78, 5) is 30.7. The van der Waals surface area contributed by atoms with Crippen LogP contribution in [-0.2, 0) is 0 Å². The van der Waals surface area contributed by atoms with E-state index in [2.05, 4.69) is 4.98 Å². The van der Waals surface area contributed by atoms with Crippen LogP contribution >= 0.6 is 0 Å². The van der Waals surface area contributed by atoms with Gasteiger partial charge in [-0.15, -0.1) is 0 Å². The molecular formula is C28H24N4O3. The molecule has 5 aromatic rings. The third-order valence-corrected chi connectivity index (χ3v) is 5.84. The van der Waals surface area contributed by atoms with Gasteiger partial charge in [-0.05, 0) is 56.7 Å². The highest BCUT2D eigenvalue weighted by Crippen LogP contribution is 2.24. The van der Waals surface area contributed by atoms with Crippen molar-refractivity contribution in [1.29, 1.82) is 0 Å². The second-order valence-electron chi connectivity index (χ2n) is 8.44. The van der Waals surface area contributed by atoms with Gasteiger partial charge in [0.2, 0.25) is 0 Å². The summed E-state index contributed by atoms with van der Waals surface area (Å²) in [6, 6.07) is 22.3. The van der Waals surface area contributed by atoms with Crippen LogP contribution < -0.4 is 10.3 Å². The molecule has 7 heteroatoms. The van der Waals surface area contributed by atoms with Gasteiger partial charge in [0, 0.05) is 17.5 Å². The molecule has 0 N–H and O–H groups in total. The van der Waals surface area contributed by atoms with Gasteiger partial charge in [-0.25, -0.2) is 9.67 Å². The molecule has 0 saturated heterocycles. The Morgan fingerprint density at radius 2 is 1.74 bits per heavy atom. The summed E-state index contributed by atoms with van der Waals surface area (Å²) in [5.41, 5.74) is 5.15. The van der Waals surface area contributed by atoms with E-state index in [1.54, 1.807) is 49.5 Å². The van der Waals surface area contributed by atoms with Crippen molar-refractivity contribution < 1.29 is 9.53 Å². The first-order valence-corrected chi connectivity index (χ1v) is 11.3. The number of aromatic nitrogens is 4. The Labute approximate surface area is 202 Å². The Morgan fingerprint density at radius 3 is 2.51 bits per heavy atom. The number of fused-ring (bicyclic) bond motifs is 1. The molecule has 35 heavy (non-hydrogen) atoms. The summed E-state index contributed by atoms with van der Waals surface area (Å²) in [6.07, 6.45) is 1.64. The molecule has 174 valence electrons. The quantitative estimate of drug-likeness (QED) is 0.339. The fourth-order valence-corrected chi connectivity index (χ4v) is 4.12. The van der Waals surface area contributed by atoms with Crippen molar-refractivity contribution in [2.75, 3.05) is 6.61 Å². The van der Waals surface area contributed by atoms with E-state index < -0.39 is 0 Å². The average Bonchev–Trinajstić information content (AvgIpc) is 3.24. The smallest absolute Gasteiger partial charge is 0.267 e. The molecule has 3 aromatic heterocycles. The van der Waals surface area contributed by atoms with Crippen molar-refractivity contribution in [2.45, 2.75) is 20.8 Å². The van der Waals surface area contributed by atoms with Gasteiger partial charge >= 0.3 is 0 Å². The van der Waals surface area contributed by atoms with Crippen LogP contribution in [0.4, 0.5) is 0 Å². The Kier molecular flexibility index (Phi) is 5.74. The van der Waals surface area contributed by atoms with E-state index in [9.17, 15) is 9.59 Å². The van der Waals surface area contributed by atoms with Gasteiger partial charge in [0.25, 0.3) is 5.56 Å². The predicted octanol–water partition coefficient (Wildman–Crippen LogP) is 4.73. The average molecular weight is 465 g/mol. The number of carbonyl (C=O) groups is 1. The fraction of sp³-hybridized carbons (Fsp3) is 0.143. The first kappa shape index (κ1) is 22.3. The van der Waals surface area contributed by atoms with E-state index in [1.807, 2.05) is 54.9 Å². The Hall–Kier alpha value is -4.52. The SMILES string of the molecule is Cc1cccc(-n2nc(-c3c(C)nc4c(OCC(=O)c5ccccc5)cccn4c3=O)cc2C)c1. The molecule has 0 unspecified atom stereocenters. The van der Waals surface area contributed by atoms with Crippen molar-refractivity contribution in [3.05, 3.63) is 112 Å². The van der Waals surface area contributed by atoms with Gasteiger partial charge in [-0.2, -0.15) is 5.10 Å². The fourth-order valence-electron chi connectivity index (χ4n) is 4.12. The van der Waals surface area contributed by atoms with Crippen LogP contribution in [0.2, 0.25) is 0 Å². The zero-order chi connectivity index (χ0) is 24.5. The normalized spacial score (nSPS) is 11.1. The number of pyridine rings is 1. The molecule has 0 amide bonds. The molecule has 5 rings (SSSR count). The highest BCUT2D eigenvalue weighted by atomic mass is 16.5. The first-order chi connectivity index (χ1) is 16.9. The largest absolute Gasteiger partial charge is 0.482 e. The van der Waals surface area contributed by atoms with Crippen LogP contribution in [0.15, 0.2) is 83.8 Å².